The smallest absolute Gasteiger partial charge is 0.329 e. The Morgan fingerprint density at radius 3 is 2.78 bits per heavy atom. The summed E-state index contributed by atoms with van der Waals surface area (Å²) >= 11 is 3.23. The fourth-order valence-electron chi connectivity index (χ4n) is 1.18. The summed E-state index contributed by atoms with van der Waals surface area (Å²) in [7, 11) is 0. The van der Waals surface area contributed by atoms with Crippen LogP contribution in [0.15, 0.2) is 22.7 Å². The predicted octanol–water partition coefficient (Wildman–Crippen LogP) is 0.862. The molecule has 0 aromatic heterocycles. The van der Waals surface area contributed by atoms with E-state index in [0.717, 1.165) is 4.47 Å². The molecule has 7 heteroatoms. The van der Waals surface area contributed by atoms with Gasteiger partial charge in [0.15, 0.2) is 0 Å². The molecule has 1 amide bonds. The first-order valence-electron chi connectivity index (χ1n) is 5.13. The molecule has 1 aromatic carbocycles. The van der Waals surface area contributed by atoms with Crippen LogP contribution in [0.2, 0.25) is 0 Å². The number of nitrogens with two attached hydrogens (primary N) is 1. The Labute approximate surface area is 112 Å². The van der Waals surface area contributed by atoms with Crippen molar-refractivity contribution in [1.82, 2.24) is 5.32 Å². The molecule has 0 aliphatic carbocycles. The van der Waals surface area contributed by atoms with E-state index in [1.54, 1.807) is 18.2 Å². The van der Waals surface area contributed by atoms with Crippen molar-refractivity contribution in [3.8, 4) is 0 Å². The summed E-state index contributed by atoms with van der Waals surface area (Å²) in [5.74, 6) is -1.32. The van der Waals surface area contributed by atoms with Crippen LogP contribution in [0.3, 0.4) is 0 Å². The van der Waals surface area contributed by atoms with Gasteiger partial charge in [0.1, 0.15) is 6.61 Å². The topological polar surface area (TPSA) is 102 Å². The van der Waals surface area contributed by atoms with Crippen molar-refractivity contribution in [2.45, 2.75) is 0 Å². The lowest BCUT2D eigenvalue weighted by Gasteiger charge is -2.06. The molecule has 4 N–H and O–H groups in total. The van der Waals surface area contributed by atoms with E-state index in [2.05, 4.69) is 21.2 Å². The summed E-state index contributed by atoms with van der Waals surface area (Å²) < 4.78 is 5.50. The van der Waals surface area contributed by atoms with Crippen LogP contribution in [0.4, 0.5) is 5.69 Å². The van der Waals surface area contributed by atoms with Gasteiger partial charge in [-0.1, -0.05) is 0 Å². The molecule has 1 rings (SSSR count). The fraction of sp³-hybridized carbons (Fsp3) is 0.273. The summed E-state index contributed by atoms with van der Waals surface area (Å²) in [6.45, 7) is 0.00718. The van der Waals surface area contributed by atoms with Crippen LogP contribution in [0.5, 0.6) is 0 Å². The van der Waals surface area contributed by atoms with E-state index in [1.807, 2.05) is 0 Å². The Hall–Kier alpha value is -1.60. The van der Waals surface area contributed by atoms with Crippen LogP contribution in [0.25, 0.3) is 0 Å². The molecule has 0 saturated carbocycles. The largest absolute Gasteiger partial charge is 0.480 e. The molecular formula is C11H13BrN2O4. The second-order valence-corrected chi connectivity index (χ2v) is 4.29. The summed E-state index contributed by atoms with van der Waals surface area (Å²) in [5, 5.41) is 10.9. The molecule has 0 heterocycles. The molecule has 0 saturated heterocycles. The number of aliphatic carboxylic acids is 1. The average molecular weight is 317 g/mol. The lowest BCUT2D eigenvalue weighted by Crippen LogP contribution is -2.28. The molecule has 0 aliphatic heterocycles. The van der Waals surface area contributed by atoms with Crippen molar-refractivity contribution in [2.75, 3.05) is 25.5 Å². The summed E-state index contributed by atoms with van der Waals surface area (Å²) in [4.78, 5) is 21.8. The molecular weight excluding hydrogens is 304 g/mol. The van der Waals surface area contributed by atoms with Gasteiger partial charge in [0.05, 0.1) is 6.61 Å². The number of halogens is 1. The zero-order chi connectivity index (χ0) is 13.5. The minimum Gasteiger partial charge on any atom is -0.480 e. The van der Waals surface area contributed by atoms with Gasteiger partial charge in [0.25, 0.3) is 5.91 Å². The summed E-state index contributed by atoms with van der Waals surface area (Å²) in [6.07, 6.45) is 0. The highest BCUT2D eigenvalue weighted by molar-refractivity contribution is 9.10. The van der Waals surface area contributed by atoms with E-state index in [1.165, 1.54) is 0 Å². The number of nitrogens with one attached hydrogen (secondary N) is 1. The number of hydrogen-bond donors (Lipinski definition) is 3. The monoisotopic (exact) mass is 316 g/mol. The Bertz CT molecular complexity index is 451. The van der Waals surface area contributed by atoms with Gasteiger partial charge in [-0.15, -0.1) is 0 Å². The van der Waals surface area contributed by atoms with Crippen molar-refractivity contribution in [3.05, 3.63) is 28.2 Å². The maximum Gasteiger partial charge on any atom is 0.329 e. The van der Waals surface area contributed by atoms with Crippen LogP contribution in [-0.2, 0) is 9.53 Å². The number of benzene rings is 1. The summed E-state index contributed by atoms with van der Waals surface area (Å²) in [5.41, 5.74) is 6.57. The molecule has 18 heavy (non-hydrogen) atoms. The van der Waals surface area contributed by atoms with Gasteiger partial charge < -0.3 is 20.9 Å². The van der Waals surface area contributed by atoms with E-state index in [0.29, 0.717) is 11.3 Å². The maximum absolute atomic E-state index is 11.7. The molecule has 98 valence electrons. The van der Waals surface area contributed by atoms with E-state index < -0.39 is 5.97 Å². The zero-order valence-electron chi connectivity index (χ0n) is 9.48. The molecule has 0 spiro atoms. The second kappa shape index (κ2) is 6.97. The number of carbonyl (C=O) groups excluding carboxylic acids is 1. The van der Waals surface area contributed by atoms with Crippen LogP contribution in [0, 0.1) is 0 Å². The number of carbonyl (C=O) groups is 2. The van der Waals surface area contributed by atoms with Gasteiger partial charge in [-0.05, 0) is 34.1 Å². The molecule has 6 nitrogen and oxygen atoms in total. The number of amides is 1. The van der Waals surface area contributed by atoms with Crippen molar-refractivity contribution in [1.29, 1.82) is 0 Å². The van der Waals surface area contributed by atoms with Crippen molar-refractivity contribution in [2.24, 2.45) is 0 Å². The molecule has 0 aliphatic rings. The average Bonchev–Trinajstić information content (AvgIpc) is 2.31. The lowest BCUT2D eigenvalue weighted by molar-refractivity contribution is -0.142. The zero-order valence-corrected chi connectivity index (χ0v) is 11.1. The van der Waals surface area contributed by atoms with E-state index in [4.69, 9.17) is 15.6 Å². The van der Waals surface area contributed by atoms with Crippen LogP contribution < -0.4 is 11.1 Å². The quantitative estimate of drug-likeness (QED) is 0.533. The number of rotatable bonds is 6. The Balaban J connectivity index is 2.36. The number of anilines is 1. The third kappa shape index (κ3) is 4.72. The van der Waals surface area contributed by atoms with Gasteiger partial charge in [-0.3, -0.25) is 4.79 Å². The minimum atomic E-state index is -1.04. The Kier molecular flexibility index (Phi) is 5.60. The third-order valence-corrected chi connectivity index (χ3v) is 2.74. The van der Waals surface area contributed by atoms with Gasteiger partial charge in [-0.2, -0.15) is 0 Å². The van der Waals surface area contributed by atoms with E-state index in [-0.39, 0.29) is 25.7 Å². The first kappa shape index (κ1) is 14.5. The second-order valence-electron chi connectivity index (χ2n) is 3.44. The van der Waals surface area contributed by atoms with Crippen LogP contribution in [-0.4, -0.2) is 36.7 Å². The highest BCUT2D eigenvalue weighted by Crippen LogP contribution is 2.19. The number of carboxylic acid groups (broad SMARTS) is 1. The molecule has 0 bridgehead atoms. The van der Waals surface area contributed by atoms with Crippen LogP contribution >= 0.6 is 15.9 Å². The number of hydrogen-bond acceptors (Lipinski definition) is 4. The minimum absolute atomic E-state index is 0.143. The van der Waals surface area contributed by atoms with Gasteiger partial charge >= 0.3 is 5.97 Å². The third-order valence-electron chi connectivity index (χ3n) is 2.02. The predicted molar refractivity (Wildman–Crippen MR) is 69.3 cm³/mol. The van der Waals surface area contributed by atoms with Gasteiger partial charge in [-0.25, -0.2) is 4.79 Å². The van der Waals surface area contributed by atoms with E-state index in [9.17, 15) is 9.59 Å². The van der Waals surface area contributed by atoms with Crippen molar-refractivity contribution < 1.29 is 19.4 Å². The number of carboxylic acids is 1. The molecule has 0 atom stereocenters. The Morgan fingerprint density at radius 1 is 1.44 bits per heavy atom. The Morgan fingerprint density at radius 2 is 2.17 bits per heavy atom. The number of ether oxygens (including phenoxy) is 1. The van der Waals surface area contributed by atoms with Gasteiger partial charge in [0.2, 0.25) is 0 Å². The highest BCUT2D eigenvalue weighted by Gasteiger charge is 2.06. The molecule has 0 unspecified atom stereocenters. The normalized spacial score (nSPS) is 10.1. The number of nitrogen functional groups attached to an aromatic ring is 1. The fourth-order valence-corrected chi connectivity index (χ4v) is 1.43. The first-order valence-corrected chi connectivity index (χ1v) is 5.93. The molecule has 0 radical (unpaired) electrons. The standard InChI is InChI=1S/C11H13BrN2O4/c12-8-2-1-7(5-9(8)13)11(17)14-3-4-18-6-10(15)16/h1-2,5H,3-4,6,13H2,(H,14,17)(H,15,16). The van der Waals surface area contributed by atoms with Crippen LogP contribution in [0.1, 0.15) is 10.4 Å². The molecule has 0 fully saturated rings. The summed E-state index contributed by atoms with van der Waals surface area (Å²) in [6, 6.07) is 4.87. The highest BCUT2D eigenvalue weighted by atomic mass is 79.9. The lowest BCUT2D eigenvalue weighted by atomic mass is 10.2. The van der Waals surface area contributed by atoms with Crippen molar-refractivity contribution >= 4 is 33.5 Å². The van der Waals surface area contributed by atoms with Gasteiger partial charge in [0, 0.05) is 22.3 Å². The first-order chi connectivity index (χ1) is 8.50. The maximum atomic E-state index is 11.7. The van der Waals surface area contributed by atoms with E-state index >= 15 is 0 Å². The van der Waals surface area contributed by atoms with Crippen molar-refractivity contribution in [3.63, 3.8) is 0 Å². The SMILES string of the molecule is Nc1cc(C(=O)NCCOCC(=O)O)ccc1Br. The molecule has 1 aromatic rings.